The highest BCUT2D eigenvalue weighted by Gasteiger charge is 2.19. The van der Waals surface area contributed by atoms with Crippen LogP contribution in [-0.4, -0.2) is 34.4 Å². The van der Waals surface area contributed by atoms with Crippen LogP contribution in [0.25, 0.3) is 0 Å². The van der Waals surface area contributed by atoms with E-state index in [9.17, 15) is 4.79 Å². The summed E-state index contributed by atoms with van der Waals surface area (Å²) >= 11 is 0. The third kappa shape index (κ3) is 5.06. The van der Waals surface area contributed by atoms with Crippen LogP contribution in [0, 0.1) is 0 Å². The second-order valence-corrected chi connectivity index (χ2v) is 3.41. The fourth-order valence-corrected chi connectivity index (χ4v) is 0.414. The molecule has 0 heterocycles. The molecule has 0 bridgehead atoms. The van der Waals surface area contributed by atoms with Crippen LogP contribution < -0.4 is 5.48 Å². The number of hydroxylamine groups is 1. The number of aliphatic hydroxyl groups is 1. The number of nitrogens with one attached hydrogen (secondary N) is 1. The molecule has 0 aromatic rings. The number of carboxylic acids is 1. The van der Waals surface area contributed by atoms with Gasteiger partial charge in [-0.3, -0.25) is 9.63 Å². The van der Waals surface area contributed by atoms with Gasteiger partial charge in [0.1, 0.15) is 0 Å². The molecule has 0 spiro atoms. The summed E-state index contributed by atoms with van der Waals surface area (Å²) in [7, 11) is 0. The molecule has 0 unspecified atom stereocenters. The van der Waals surface area contributed by atoms with E-state index in [-0.39, 0.29) is 0 Å². The average Bonchev–Trinajstić information content (AvgIpc) is 1.85. The molecule has 0 aromatic heterocycles. The molecule has 72 valence electrons. The van der Waals surface area contributed by atoms with E-state index in [1.807, 2.05) is 0 Å². The predicted octanol–water partition coefficient (Wildman–Crippen LogP) is -0.248. The molecule has 12 heavy (non-hydrogen) atoms. The number of carbonyl (C=O) groups is 1. The van der Waals surface area contributed by atoms with E-state index in [0.29, 0.717) is 0 Å². The summed E-state index contributed by atoms with van der Waals surface area (Å²) in [6.07, 6.45) is 0. The van der Waals surface area contributed by atoms with Gasteiger partial charge in [0.05, 0.1) is 12.2 Å². The largest absolute Gasteiger partial charge is 0.480 e. The van der Waals surface area contributed by atoms with Gasteiger partial charge in [-0.25, -0.2) is 0 Å². The molecular weight excluding hydrogens is 162 g/mol. The Morgan fingerprint density at radius 2 is 2.08 bits per heavy atom. The van der Waals surface area contributed by atoms with Crippen molar-refractivity contribution < 1.29 is 19.8 Å². The van der Waals surface area contributed by atoms with Gasteiger partial charge in [-0.2, -0.15) is 5.48 Å². The topological polar surface area (TPSA) is 78.8 Å². The van der Waals surface area contributed by atoms with Gasteiger partial charge < -0.3 is 10.2 Å². The van der Waals surface area contributed by atoms with E-state index in [1.165, 1.54) is 0 Å². The van der Waals surface area contributed by atoms with Crippen LogP contribution in [0.4, 0.5) is 0 Å². The molecule has 0 aliphatic heterocycles. The van der Waals surface area contributed by atoms with Crippen LogP contribution in [0.15, 0.2) is 0 Å². The molecule has 0 aromatic carbocycles. The Morgan fingerprint density at radius 1 is 1.58 bits per heavy atom. The third-order valence-corrected chi connectivity index (χ3v) is 0.988. The molecule has 1 atom stereocenters. The Balaban J connectivity index is 3.81. The summed E-state index contributed by atoms with van der Waals surface area (Å²) in [6.45, 7) is 4.83. The number of aliphatic carboxylic acids is 1. The van der Waals surface area contributed by atoms with Crippen LogP contribution in [-0.2, 0) is 9.63 Å². The monoisotopic (exact) mass is 177 g/mol. The van der Waals surface area contributed by atoms with Crippen LogP contribution in [0.5, 0.6) is 0 Å². The molecule has 0 fully saturated rings. The Bertz CT molecular complexity index is 152. The molecular formula is C7H15NO4. The van der Waals surface area contributed by atoms with Crippen molar-refractivity contribution in [1.29, 1.82) is 0 Å². The SMILES string of the molecule is CC(C)(C)ON[C@H](CO)C(=O)O. The Hall–Kier alpha value is -0.650. The van der Waals surface area contributed by atoms with Gasteiger partial charge in [-0.15, -0.1) is 0 Å². The molecule has 0 amide bonds. The van der Waals surface area contributed by atoms with Crippen LogP contribution in [0.3, 0.4) is 0 Å². The van der Waals surface area contributed by atoms with Crippen molar-refractivity contribution in [3.05, 3.63) is 0 Å². The van der Waals surface area contributed by atoms with Crippen molar-refractivity contribution in [2.24, 2.45) is 0 Å². The minimum absolute atomic E-state index is 0.469. The minimum atomic E-state index is -1.14. The second-order valence-electron chi connectivity index (χ2n) is 3.41. The van der Waals surface area contributed by atoms with E-state index >= 15 is 0 Å². The Kier molecular flexibility index (Phi) is 4.16. The second kappa shape index (κ2) is 4.39. The maximum atomic E-state index is 10.3. The Morgan fingerprint density at radius 3 is 2.33 bits per heavy atom. The molecule has 0 rings (SSSR count). The predicted molar refractivity (Wildman–Crippen MR) is 42.5 cm³/mol. The molecule has 0 saturated heterocycles. The lowest BCUT2D eigenvalue weighted by Crippen LogP contribution is -2.43. The highest BCUT2D eigenvalue weighted by molar-refractivity contribution is 5.73. The highest BCUT2D eigenvalue weighted by atomic mass is 16.7. The van der Waals surface area contributed by atoms with E-state index < -0.39 is 24.2 Å². The van der Waals surface area contributed by atoms with Crippen molar-refractivity contribution >= 4 is 5.97 Å². The average molecular weight is 177 g/mol. The molecule has 0 aliphatic rings. The zero-order valence-corrected chi connectivity index (χ0v) is 7.50. The molecule has 5 nitrogen and oxygen atoms in total. The van der Waals surface area contributed by atoms with Gasteiger partial charge in [0.15, 0.2) is 6.04 Å². The standard InChI is InChI=1S/C7H15NO4/c1-7(2,3)12-8-5(4-9)6(10)11/h5,8-9H,4H2,1-3H3,(H,10,11)/t5-/m1/s1. The van der Waals surface area contributed by atoms with Gasteiger partial charge in [0, 0.05) is 0 Å². The quantitative estimate of drug-likeness (QED) is 0.516. The number of hydrogen-bond acceptors (Lipinski definition) is 4. The molecule has 0 aliphatic carbocycles. The fraction of sp³-hybridized carbons (Fsp3) is 0.857. The summed E-state index contributed by atoms with van der Waals surface area (Å²) in [5.41, 5.74) is 1.79. The highest BCUT2D eigenvalue weighted by Crippen LogP contribution is 2.04. The number of hydrogen-bond donors (Lipinski definition) is 3. The van der Waals surface area contributed by atoms with E-state index in [1.54, 1.807) is 20.8 Å². The number of rotatable bonds is 4. The first kappa shape index (κ1) is 11.4. The maximum Gasteiger partial charge on any atom is 0.325 e. The van der Waals surface area contributed by atoms with Gasteiger partial charge >= 0.3 is 5.97 Å². The normalized spacial score (nSPS) is 14.3. The zero-order valence-electron chi connectivity index (χ0n) is 7.50. The molecule has 0 saturated carbocycles. The van der Waals surface area contributed by atoms with Crippen LogP contribution >= 0.6 is 0 Å². The number of aliphatic hydroxyl groups excluding tert-OH is 1. The lowest BCUT2D eigenvalue weighted by molar-refractivity contribution is -0.152. The minimum Gasteiger partial charge on any atom is -0.480 e. The Labute approximate surface area is 71.3 Å². The maximum absolute atomic E-state index is 10.3. The molecule has 3 N–H and O–H groups in total. The molecule has 0 radical (unpaired) electrons. The summed E-state index contributed by atoms with van der Waals surface area (Å²) < 4.78 is 0. The van der Waals surface area contributed by atoms with Crippen LogP contribution in [0.2, 0.25) is 0 Å². The van der Waals surface area contributed by atoms with Crippen molar-refractivity contribution in [3.63, 3.8) is 0 Å². The van der Waals surface area contributed by atoms with Crippen molar-refractivity contribution in [3.8, 4) is 0 Å². The van der Waals surface area contributed by atoms with Crippen molar-refractivity contribution in [2.45, 2.75) is 32.4 Å². The van der Waals surface area contributed by atoms with Gasteiger partial charge in [0.2, 0.25) is 0 Å². The first-order valence-electron chi connectivity index (χ1n) is 3.64. The lowest BCUT2D eigenvalue weighted by atomic mass is 10.2. The zero-order chi connectivity index (χ0) is 9.78. The van der Waals surface area contributed by atoms with E-state index in [4.69, 9.17) is 15.1 Å². The first-order valence-corrected chi connectivity index (χ1v) is 3.64. The first-order chi connectivity index (χ1) is 5.37. The smallest absolute Gasteiger partial charge is 0.325 e. The van der Waals surface area contributed by atoms with Crippen molar-refractivity contribution in [2.75, 3.05) is 6.61 Å². The number of carboxylic acid groups (broad SMARTS) is 1. The van der Waals surface area contributed by atoms with E-state index in [0.717, 1.165) is 0 Å². The van der Waals surface area contributed by atoms with Gasteiger partial charge in [-0.05, 0) is 20.8 Å². The summed E-state index contributed by atoms with van der Waals surface area (Å²) in [6, 6.07) is -1.07. The van der Waals surface area contributed by atoms with Crippen molar-refractivity contribution in [1.82, 2.24) is 5.48 Å². The van der Waals surface area contributed by atoms with E-state index in [2.05, 4.69) is 5.48 Å². The lowest BCUT2D eigenvalue weighted by Gasteiger charge is -2.21. The fourth-order valence-electron chi connectivity index (χ4n) is 0.414. The van der Waals surface area contributed by atoms with Gasteiger partial charge in [-0.1, -0.05) is 0 Å². The summed E-state index contributed by atoms with van der Waals surface area (Å²) in [5.74, 6) is -1.14. The van der Waals surface area contributed by atoms with Crippen LogP contribution in [0.1, 0.15) is 20.8 Å². The molecule has 5 heteroatoms. The summed E-state index contributed by atoms with van der Waals surface area (Å²) in [5, 5.41) is 17.0. The van der Waals surface area contributed by atoms with Gasteiger partial charge in [0.25, 0.3) is 0 Å². The summed E-state index contributed by atoms with van der Waals surface area (Å²) in [4.78, 5) is 15.3. The third-order valence-electron chi connectivity index (χ3n) is 0.988.